The molecule has 0 saturated carbocycles. The summed E-state index contributed by atoms with van der Waals surface area (Å²) in [5, 5.41) is 8.61. The van der Waals surface area contributed by atoms with Crippen LogP contribution in [0.1, 0.15) is 27.2 Å². The van der Waals surface area contributed by atoms with Gasteiger partial charge in [-0.25, -0.2) is 14.6 Å². The molecule has 0 fully saturated rings. The Bertz CT molecular complexity index is 489. The fraction of sp³-hybridized carbons (Fsp3) is 0.583. The SMILES string of the molecule is CCNc1ncnc2c1cnn2CCC(C)C. The van der Waals surface area contributed by atoms with Crippen molar-refractivity contribution in [3.63, 3.8) is 0 Å². The number of fused-ring (bicyclic) bond motifs is 1. The second-order valence-electron chi connectivity index (χ2n) is 4.54. The van der Waals surface area contributed by atoms with E-state index in [-0.39, 0.29) is 0 Å². The van der Waals surface area contributed by atoms with Gasteiger partial charge in [-0.15, -0.1) is 0 Å². The van der Waals surface area contributed by atoms with Gasteiger partial charge in [-0.05, 0) is 19.3 Å². The van der Waals surface area contributed by atoms with Crippen molar-refractivity contribution in [2.75, 3.05) is 11.9 Å². The topological polar surface area (TPSA) is 55.6 Å². The predicted molar refractivity (Wildman–Crippen MR) is 68.9 cm³/mol. The molecule has 2 heterocycles. The van der Waals surface area contributed by atoms with E-state index in [0.717, 1.165) is 36.4 Å². The minimum atomic E-state index is 0.671. The van der Waals surface area contributed by atoms with Gasteiger partial charge in [-0.1, -0.05) is 13.8 Å². The molecule has 0 bridgehead atoms. The molecule has 2 aromatic heterocycles. The molecule has 5 heteroatoms. The van der Waals surface area contributed by atoms with Gasteiger partial charge in [0.2, 0.25) is 0 Å². The Morgan fingerprint density at radius 3 is 2.88 bits per heavy atom. The van der Waals surface area contributed by atoms with Crippen LogP contribution in [0.5, 0.6) is 0 Å². The molecule has 17 heavy (non-hydrogen) atoms. The molecule has 0 amide bonds. The maximum atomic E-state index is 4.38. The lowest BCUT2D eigenvalue weighted by molar-refractivity contribution is 0.494. The maximum absolute atomic E-state index is 4.38. The Balaban J connectivity index is 2.30. The fourth-order valence-electron chi connectivity index (χ4n) is 1.75. The third-order valence-corrected chi connectivity index (χ3v) is 2.70. The van der Waals surface area contributed by atoms with E-state index in [9.17, 15) is 0 Å². The van der Waals surface area contributed by atoms with E-state index >= 15 is 0 Å². The Kier molecular flexibility index (Phi) is 3.56. The first-order chi connectivity index (χ1) is 8.22. The molecular formula is C12H19N5. The lowest BCUT2D eigenvalue weighted by atomic mass is 10.1. The van der Waals surface area contributed by atoms with Crippen molar-refractivity contribution in [2.24, 2.45) is 5.92 Å². The maximum Gasteiger partial charge on any atom is 0.163 e. The first-order valence-electron chi connectivity index (χ1n) is 6.12. The average molecular weight is 233 g/mol. The van der Waals surface area contributed by atoms with Gasteiger partial charge in [-0.2, -0.15) is 5.10 Å². The largest absolute Gasteiger partial charge is 0.370 e. The van der Waals surface area contributed by atoms with Crippen LogP contribution in [0.3, 0.4) is 0 Å². The van der Waals surface area contributed by atoms with Crippen molar-refractivity contribution < 1.29 is 0 Å². The number of anilines is 1. The first-order valence-corrected chi connectivity index (χ1v) is 6.12. The average Bonchev–Trinajstić information content (AvgIpc) is 2.71. The quantitative estimate of drug-likeness (QED) is 0.861. The van der Waals surface area contributed by atoms with Crippen LogP contribution >= 0.6 is 0 Å². The molecule has 0 aromatic carbocycles. The van der Waals surface area contributed by atoms with Crippen LogP contribution in [-0.4, -0.2) is 26.3 Å². The highest BCUT2D eigenvalue weighted by Crippen LogP contribution is 2.18. The van der Waals surface area contributed by atoms with Gasteiger partial charge in [0.05, 0.1) is 11.6 Å². The monoisotopic (exact) mass is 233 g/mol. The lowest BCUT2D eigenvalue weighted by Crippen LogP contribution is -2.05. The van der Waals surface area contributed by atoms with Crippen LogP contribution in [0.4, 0.5) is 5.82 Å². The fourth-order valence-corrected chi connectivity index (χ4v) is 1.75. The smallest absolute Gasteiger partial charge is 0.163 e. The highest BCUT2D eigenvalue weighted by molar-refractivity contribution is 5.85. The first kappa shape index (κ1) is 11.8. The highest BCUT2D eigenvalue weighted by atomic mass is 15.3. The van der Waals surface area contributed by atoms with Gasteiger partial charge in [0.25, 0.3) is 0 Å². The summed E-state index contributed by atoms with van der Waals surface area (Å²) in [5.41, 5.74) is 0.914. The molecular weight excluding hydrogens is 214 g/mol. The third kappa shape index (κ3) is 2.54. The molecule has 0 radical (unpaired) electrons. The molecule has 2 aromatic rings. The minimum Gasteiger partial charge on any atom is -0.370 e. The van der Waals surface area contributed by atoms with Crippen molar-refractivity contribution in [2.45, 2.75) is 33.7 Å². The summed E-state index contributed by atoms with van der Waals surface area (Å²) >= 11 is 0. The number of nitrogens with zero attached hydrogens (tertiary/aromatic N) is 4. The summed E-state index contributed by atoms with van der Waals surface area (Å²) in [6, 6.07) is 0. The third-order valence-electron chi connectivity index (χ3n) is 2.70. The standard InChI is InChI=1S/C12H19N5/c1-4-13-11-10-7-16-17(6-5-9(2)3)12(10)15-8-14-11/h7-9H,4-6H2,1-3H3,(H,13,14,15). The number of aryl methyl sites for hydroxylation is 1. The molecule has 0 atom stereocenters. The number of hydrogen-bond donors (Lipinski definition) is 1. The molecule has 0 unspecified atom stereocenters. The van der Waals surface area contributed by atoms with Crippen molar-refractivity contribution in [1.82, 2.24) is 19.7 Å². The molecule has 0 aliphatic heterocycles. The van der Waals surface area contributed by atoms with Crippen molar-refractivity contribution in [1.29, 1.82) is 0 Å². The molecule has 0 saturated heterocycles. The predicted octanol–water partition coefficient (Wildman–Crippen LogP) is 2.30. The second-order valence-corrected chi connectivity index (χ2v) is 4.54. The van der Waals surface area contributed by atoms with Crippen LogP contribution in [-0.2, 0) is 6.54 Å². The van der Waals surface area contributed by atoms with Gasteiger partial charge in [0.15, 0.2) is 5.65 Å². The van der Waals surface area contributed by atoms with E-state index in [1.807, 2.05) is 10.9 Å². The van der Waals surface area contributed by atoms with Crippen LogP contribution in [0.2, 0.25) is 0 Å². The lowest BCUT2D eigenvalue weighted by Gasteiger charge is -2.06. The van der Waals surface area contributed by atoms with Crippen molar-refractivity contribution in [3.05, 3.63) is 12.5 Å². The van der Waals surface area contributed by atoms with E-state index < -0.39 is 0 Å². The van der Waals surface area contributed by atoms with Gasteiger partial charge in [0.1, 0.15) is 12.1 Å². The second kappa shape index (κ2) is 5.12. The van der Waals surface area contributed by atoms with Crippen LogP contribution in [0.15, 0.2) is 12.5 Å². The van der Waals surface area contributed by atoms with Crippen molar-refractivity contribution in [3.8, 4) is 0 Å². The Morgan fingerprint density at radius 2 is 2.18 bits per heavy atom. The molecule has 0 aliphatic rings. The van der Waals surface area contributed by atoms with Gasteiger partial charge >= 0.3 is 0 Å². The number of nitrogens with one attached hydrogen (secondary N) is 1. The highest BCUT2D eigenvalue weighted by Gasteiger charge is 2.09. The molecule has 0 spiro atoms. The van der Waals surface area contributed by atoms with Gasteiger partial charge in [0, 0.05) is 13.1 Å². The van der Waals surface area contributed by atoms with E-state index in [4.69, 9.17) is 0 Å². The summed E-state index contributed by atoms with van der Waals surface area (Å²) in [6.45, 7) is 8.24. The normalized spacial score (nSPS) is 11.3. The van der Waals surface area contributed by atoms with Gasteiger partial charge in [-0.3, -0.25) is 0 Å². The summed E-state index contributed by atoms with van der Waals surface area (Å²) < 4.78 is 1.96. The van der Waals surface area contributed by atoms with E-state index in [1.165, 1.54) is 0 Å². The van der Waals surface area contributed by atoms with Gasteiger partial charge < -0.3 is 5.32 Å². The zero-order chi connectivity index (χ0) is 12.3. The Morgan fingerprint density at radius 1 is 1.35 bits per heavy atom. The van der Waals surface area contributed by atoms with Crippen molar-refractivity contribution >= 4 is 16.9 Å². The summed E-state index contributed by atoms with van der Waals surface area (Å²) in [6.07, 6.45) is 4.54. The summed E-state index contributed by atoms with van der Waals surface area (Å²) in [5.74, 6) is 1.54. The zero-order valence-electron chi connectivity index (χ0n) is 10.6. The number of rotatable bonds is 5. The van der Waals surface area contributed by atoms with Crippen LogP contribution in [0, 0.1) is 5.92 Å². The zero-order valence-corrected chi connectivity index (χ0v) is 10.6. The Hall–Kier alpha value is -1.65. The summed E-state index contributed by atoms with van der Waals surface area (Å²) in [7, 11) is 0. The number of aromatic nitrogens is 4. The summed E-state index contributed by atoms with van der Waals surface area (Å²) in [4.78, 5) is 8.54. The molecule has 1 N–H and O–H groups in total. The minimum absolute atomic E-state index is 0.671. The molecule has 0 aliphatic carbocycles. The van der Waals surface area contributed by atoms with Crippen LogP contribution < -0.4 is 5.32 Å². The van der Waals surface area contributed by atoms with E-state index in [0.29, 0.717) is 5.92 Å². The van der Waals surface area contributed by atoms with E-state index in [2.05, 4.69) is 41.2 Å². The molecule has 92 valence electrons. The molecule has 5 nitrogen and oxygen atoms in total. The number of hydrogen-bond acceptors (Lipinski definition) is 4. The Labute approximate surface area is 101 Å². The van der Waals surface area contributed by atoms with E-state index in [1.54, 1.807) is 6.33 Å². The van der Waals surface area contributed by atoms with Crippen LogP contribution in [0.25, 0.3) is 11.0 Å². The molecule has 2 rings (SSSR count).